The van der Waals surface area contributed by atoms with E-state index >= 15 is 0 Å². The minimum atomic E-state index is -0.595. The molecule has 146 valence electrons. The molecule has 0 radical (unpaired) electrons. The molecule has 7 nitrogen and oxygen atoms in total. The number of nitrogens with one attached hydrogen (secondary N) is 1. The maximum absolute atomic E-state index is 12.7. The largest absolute Gasteiger partial charge is 0.318 e. The molecule has 2 heterocycles. The lowest BCUT2D eigenvalue weighted by Gasteiger charge is -2.08. The summed E-state index contributed by atoms with van der Waals surface area (Å²) in [6.45, 7) is 2.61. The third-order valence-electron chi connectivity index (χ3n) is 4.55. The van der Waals surface area contributed by atoms with E-state index in [9.17, 15) is 9.59 Å². The Balaban J connectivity index is 1.58. The molecular weight excluding hydrogens is 390 g/mol. The lowest BCUT2D eigenvalue weighted by molar-refractivity contribution is 0.101. The zero-order valence-corrected chi connectivity index (χ0v) is 16.6. The first-order valence-electron chi connectivity index (χ1n) is 8.96. The zero-order valence-electron chi connectivity index (χ0n) is 15.9. The molecule has 0 atom stereocenters. The van der Waals surface area contributed by atoms with E-state index in [0.29, 0.717) is 28.2 Å². The van der Waals surface area contributed by atoms with Gasteiger partial charge in [-0.05, 0) is 30.7 Å². The lowest BCUT2D eigenvalue weighted by Crippen LogP contribution is -2.26. The summed E-state index contributed by atoms with van der Waals surface area (Å²) in [6.07, 6.45) is 3.25. The van der Waals surface area contributed by atoms with Crippen LogP contribution in [0.3, 0.4) is 0 Å². The maximum atomic E-state index is 12.7. The zero-order chi connectivity index (χ0) is 20.5. The summed E-state index contributed by atoms with van der Waals surface area (Å²) >= 11 is 6.00. The summed E-state index contributed by atoms with van der Waals surface area (Å²) in [5.74, 6) is -0.595. The van der Waals surface area contributed by atoms with Gasteiger partial charge in [-0.1, -0.05) is 41.4 Å². The highest BCUT2D eigenvalue weighted by Gasteiger charge is 2.17. The highest BCUT2D eigenvalue weighted by molar-refractivity contribution is 6.31. The van der Waals surface area contributed by atoms with E-state index in [2.05, 4.69) is 21.6 Å². The molecular formula is C21H18ClN5O2. The van der Waals surface area contributed by atoms with E-state index in [1.807, 2.05) is 25.1 Å². The lowest BCUT2D eigenvalue weighted by atomic mass is 10.1. The summed E-state index contributed by atoms with van der Waals surface area (Å²) < 4.78 is 3.21. The van der Waals surface area contributed by atoms with Gasteiger partial charge in [0.25, 0.3) is 5.91 Å². The van der Waals surface area contributed by atoms with Crippen molar-refractivity contribution < 1.29 is 4.79 Å². The van der Waals surface area contributed by atoms with Crippen molar-refractivity contribution in [1.82, 2.24) is 19.6 Å². The maximum Gasteiger partial charge on any atom is 0.280 e. The number of carbonyl (C=O) groups excluding carboxylic acids is 1. The van der Waals surface area contributed by atoms with Crippen molar-refractivity contribution in [1.29, 1.82) is 0 Å². The van der Waals surface area contributed by atoms with Crippen LogP contribution in [-0.4, -0.2) is 25.5 Å². The Bertz CT molecular complexity index is 1290. The van der Waals surface area contributed by atoms with Gasteiger partial charge in [-0.25, -0.2) is 0 Å². The van der Waals surface area contributed by atoms with Gasteiger partial charge in [0, 0.05) is 18.3 Å². The number of anilines is 1. The molecule has 1 amide bonds. The molecule has 8 heteroatoms. The van der Waals surface area contributed by atoms with Crippen LogP contribution in [-0.2, 0) is 13.6 Å². The van der Waals surface area contributed by atoms with Gasteiger partial charge >= 0.3 is 0 Å². The molecule has 0 fully saturated rings. The number of halogens is 1. The number of benzene rings is 2. The van der Waals surface area contributed by atoms with Gasteiger partial charge in [0.1, 0.15) is 0 Å². The molecule has 1 N–H and O–H groups in total. The first-order valence-corrected chi connectivity index (χ1v) is 9.34. The molecule has 0 aliphatic carbocycles. The molecule has 2 aromatic carbocycles. The molecule has 29 heavy (non-hydrogen) atoms. The normalized spacial score (nSPS) is 11.0. The Morgan fingerprint density at radius 2 is 2.03 bits per heavy atom. The van der Waals surface area contributed by atoms with E-state index < -0.39 is 11.3 Å². The first kappa shape index (κ1) is 18.9. The monoisotopic (exact) mass is 407 g/mol. The minimum Gasteiger partial charge on any atom is -0.318 e. The summed E-state index contributed by atoms with van der Waals surface area (Å²) in [5, 5.41) is 11.9. The second kappa shape index (κ2) is 7.52. The molecule has 0 unspecified atom stereocenters. The topological polar surface area (TPSA) is 81.8 Å². The van der Waals surface area contributed by atoms with E-state index in [4.69, 9.17) is 11.6 Å². The second-order valence-electron chi connectivity index (χ2n) is 6.83. The average molecular weight is 408 g/mol. The number of rotatable bonds is 4. The van der Waals surface area contributed by atoms with Crippen LogP contribution in [0.2, 0.25) is 5.02 Å². The average Bonchev–Trinajstić information content (AvgIpc) is 3.11. The van der Waals surface area contributed by atoms with E-state index in [1.165, 1.54) is 22.5 Å². The van der Waals surface area contributed by atoms with Gasteiger partial charge in [0.05, 0.1) is 29.3 Å². The number of hydrogen-bond donors (Lipinski definition) is 1. The van der Waals surface area contributed by atoms with Crippen molar-refractivity contribution in [3.63, 3.8) is 0 Å². The molecule has 0 bridgehead atoms. The second-order valence-corrected chi connectivity index (χ2v) is 7.27. The van der Waals surface area contributed by atoms with Gasteiger partial charge in [-0.2, -0.15) is 10.2 Å². The SMILES string of the molecule is Cc1cccc(Cn2cc(NC(=O)c3nn(C)c4ccc(Cl)cc4c3=O)cn2)c1. The highest BCUT2D eigenvalue weighted by atomic mass is 35.5. The predicted molar refractivity (Wildman–Crippen MR) is 112 cm³/mol. The van der Waals surface area contributed by atoms with Crippen LogP contribution in [0, 0.1) is 6.92 Å². The van der Waals surface area contributed by atoms with Gasteiger partial charge < -0.3 is 5.32 Å². The summed E-state index contributed by atoms with van der Waals surface area (Å²) in [4.78, 5) is 25.4. The van der Waals surface area contributed by atoms with Crippen molar-refractivity contribution in [3.05, 3.63) is 86.9 Å². The van der Waals surface area contributed by atoms with Crippen molar-refractivity contribution in [2.75, 3.05) is 5.32 Å². The minimum absolute atomic E-state index is 0.200. The number of fused-ring (bicyclic) bond motifs is 1. The van der Waals surface area contributed by atoms with Crippen LogP contribution < -0.4 is 10.7 Å². The van der Waals surface area contributed by atoms with Crippen molar-refractivity contribution in [2.24, 2.45) is 7.05 Å². The molecule has 0 aliphatic rings. The van der Waals surface area contributed by atoms with Crippen LogP contribution in [0.15, 0.2) is 59.7 Å². The fraction of sp³-hybridized carbons (Fsp3) is 0.143. The Hall–Kier alpha value is -3.45. The molecule has 0 spiro atoms. The molecule has 4 rings (SSSR count). The number of amides is 1. The number of hydrogen-bond acceptors (Lipinski definition) is 4. The van der Waals surface area contributed by atoms with Crippen molar-refractivity contribution in [3.8, 4) is 0 Å². The summed E-state index contributed by atoms with van der Waals surface area (Å²) in [5.41, 5.74) is 2.69. The van der Waals surface area contributed by atoms with Crippen LogP contribution in [0.4, 0.5) is 5.69 Å². The Kier molecular flexibility index (Phi) is 4.90. The summed E-state index contributed by atoms with van der Waals surface area (Å²) in [7, 11) is 1.67. The third-order valence-corrected chi connectivity index (χ3v) is 4.79. The molecule has 4 aromatic rings. The van der Waals surface area contributed by atoms with Crippen LogP contribution in [0.5, 0.6) is 0 Å². The fourth-order valence-electron chi connectivity index (χ4n) is 3.20. The first-order chi connectivity index (χ1) is 13.9. The van der Waals surface area contributed by atoms with Gasteiger partial charge in [0.2, 0.25) is 5.43 Å². The molecule has 0 saturated carbocycles. The van der Waals surface area contributed by atoms with Gasteiger partial charge in [-0.3, -0.25) is 19.0 Å². The standard InChI is InChI=1S/C21H18ClN5O2/c1-13-4-3-5-14(8-13)11-27-12-16(10-23-27)24-21(29)19-20(28)17-9-15(22)6-7-18(17)26(2)25-19/h3-10,12H,11H2,1-2H3,(H,24,29). The van der Waals surface area contributed by atoms with Crippen LogP contribution in [0.1, 0.15) is 21.6 Å². The van der Waals surface area contributed by atoms with Gasteiger partial charge in [-0.15, -0.1) is 0 Å². The number of nitrogens with zero attached hydrogens (tertiary/aromatic N) is 4. The number of aryl methyl sites for hydroxylation is 2. The van der Waals surface area contributed by atoms with Crippen molar-refractivity contribution >= 4 is 34.1 Å². The van der Waals surface area contributed by atoms with Gasteiger partial charge in [0.15, 0.2) is 5.69 Å². The smallest absolute Gasteiger partial charge is 0.280 e. The Labute approximate surface area is 171 Å². The van der Waals surface area contributed by atoms with Crippen LogP contribution >= 0.6 is 11.6 Å². The van der Waals surface area contributed by atoms with Crippen LogP contribution in [0.25, 0.3) is 10.9 Å². The highest BCUT2D eigenvalue weighted by Crippen LogP contribution is 2.16. The molecule has 0 aliphatic heterocycles. The van der Waals surface area contributed by atoms with E-state index in [1.54, 1.807) is 30.1 Å². The number of aromatic nitrogens is 4. The fourth-order valence-corrected chi connectivity index (χ4v) is 3.37. The molecule has 2 aromatic heterocycles. The quantitative estimate of drug-likeness (QED) is 0.562. The summed E-state index contributed by atoms with van der Waals surface area (Å²) in [6, 6.07) is 13.0. The third kappa shape index (κ3) is 3.90. The van der Waals surface area contributed by atoms with E-state index in [-0.39, 0.29) is 5.69 Å². The Morgan fingerprint density at radius 1 is 1.21 bits per heavy atom. The Morgan fingerprint density at radius 3 is 2.83 bits per heavy atom. The predicted octanol–water partition coefficient (Wildman–Crippen LogP) is 3.39. The van der Waals surface area contributed by atoms with Crippen molar-refractivity contribution in [2.45, 2.75) is 13.5 Å². The number of carbonyl (C=O) groups is 1. The molecule has 0 saturated heterocycles. The van der Waals surface area contributed by atoms with E-state index in [0.717, 1.165) is 5.56 Å².